The first-order valence-corrected chi connectivity index (χ1v) is 10.7. The molecule has 1 aromatic heterocycles. The number of fused-ring (bicyclic) bond motifs is 1. The summed E-state index contributed by atoms with van der Waals surface area (Å²) in [5.41, 5.74) is -0.492. The second-order valence-electron chi connectivity index (χ2n) is 7.98. The number of aliphatic hydroxyl groups is 1. The molecule has 1 aliphatic heterocycles. The summed E-state index contributed by atoms with van der Waals surface area (Å²) < 4.78 is 22.8. The van der Waals surface area contributed by atoms with E-state index in [-0.39, 0.29) is 18.7 Å². The molecule has 2 heterocycles. The van der Waals surface area contributed by atoms with E-state index in [1.807, 2.05) is 6.07 Å². The van der Waals surface area contributed by atoms with Crippen LogP contribution in [0.15, 0.2) is 60.7 Å². The molecular weight excluding hydrogens is 442 g/mol. The standard InChI is InChI=1S/C25H25NO8/c1-31-22(28)25(23(29)33-15-16-8-4-3-5-9-16)13-18(14-27)34-21(25)20-12-17-10-6-7-11-19(17)26(20)24(30)32-2/h3-12,18,21,27H,13-15H2,1-2H3/t18-,21-,25?/m1/s1. The molecule has 1 saturated heterocycles. The van der Waals surface area contributed by atoms with E-state index in [4.69, 9.17) is 18.9 Å². The summed E-state index contributed by atoms with van der Waals surface area (Å²) in [4.78, 5) is 39.5. The van der Waals surface area contributed by atoms with Gasteiger partial charge in [0.1, 0.15) is 12.7 Å². The molecule has 2 aromatic carbocycles. The fraction of sp³-hybridized carbons (Fsp3) is 0.320. The van der Waals surface area contributed by atoms with Crippen molar-refractivity contribution in [2.75, 3.05) is 20.8 Å². The van der Waals surface area contributed by atoms with Gasteiger partial charge in [-0.1, -0.05) is 48.5 Å². The van der Waals surface area contributed by atoms with Gasteiger partial charge in [-0.05, 0) is 17.7 Å². The highest BCUT2D eigenvalue weighted by atomic mass is 16.6. The minimum absolute atomic E-state index is 0.0745. The average Bonchev–Trinajstić information content (AvgIpc) is 3.46. The second kappa shape index (κ2) is 9.66. The molecule has 1 unspecified atom stereocenters. The van der Waals surface area contributed by atoms with Gasteiger partial charge in [0.2, 0.25) is 0 Å². The van der Waals surface area contributed by atoms with Gasteiger partial charge in [-0.2, -0.15) is 0 Å². The van der Waals surface area contributed by atoms with Gasteiger partial charge < -0.3 is 24.1 Å². The number of para-hydroxylation sites is 1. The van der Waals surface area contributed by atoms with Crippen molar-refractivity contribution in [3.63, 3.8) is 0 Å². The third kappa shape index (κ3) is 3.93. The third-order valence-electron chi connectivity index (χ3n) is 6.02. The molecule has 3 atom stereocenters. The maximum Gasteiger partial charge on any atom is 0.418 e. The zero-order valence-electron chi connectivity index (χ0n) is 18.8. The van der Waals surface area contributed by atoms with E-state index in [2.05, 4.69) is 0 Å². The van der Waals surface area contributed by atoms with Gasteiger partial charge in [0.05, 0.1) is 38.1 Å². The minimum atomic E-state index is -1.95. The van der Waals surface area contributed by atoms with Gasteiger partial charge in [0.25, 0.3) is 0 Å². The summed E-state index contributed by atoms with van der Waals surface area (Å²) >= 11 is 0. The molecular formula is C25H25NO8. The van der Waals surface area contributed by atoms with Crippen molar-refractivity contribution < 1.29 is 38.4 Å². The van der Waals surface area contributed by atoms with Crippen LogP contribution in [0.1, 0.15) is 23.8 Å². The number of hydrogen-bond acceptors (Lipinski definition) is 8. The molecule has 9 nitrogen and oxygen atoms in total. The van der Waals surface area contributed by atoms with Crippen LogP contribution < -0.4 is 0 Å². The lowest BCUT2D eigenvalue weighted by atomic mass is 9.78. The highest BCUT2D eigenvalue weighted by Gasteiger charge is 2.63. The number of ether oxygens (including phenoxy) is 4. The Balaban J connectivity index is 1.83. The molecule has 9 heteroatoms. The predicted octanol–water partition coefficient (Wildman–Crippen LogP) is 2.98. The van der Waals surface area contributed by atoms with Crippen LogP contribution in [-0.2, 0) is 35.1 Å². The van der Waals surface area contributed by atoms with Crippen LogP contribution in [0.3, 0.4) is 0 Å². The van der Waals surface area contributed by atoms with Crippen LogP contribution in [0.25, 0.3) is 10.9 Å². The number of methoxy groups -OCH3 is 2. The highest BCUT2D eigenvalue weighted by molar-refractivity contribution is 6.02. The fourth-order valence-electron chi connectivity index (χ4n) is 4.41. The van der Waals surface area contributed by atoms with Crippen LogP contribution in [0, 0.1) is 5.41 Å². The van der Waals surface area contributed by atoms with Gasteiger partial charge in [0, 0.05) is 11.8 Å². The molecule has 1 fully saturated rings. The Bertz CT molecular complexity index is 1200. The van der Waals surface area contributed by atoms with Crippen molar-refractivity contribution >= 4 is 28.9 Å². The van der Waals surface area contributed by atoms with E-state index in [0.717, 1.165) is 12.7 Å². The van der Waals surface area contributed by atoms with Crippen molar-refractivity contribution in [3.8, 4) is 0 Å². The summed E-state index contributed by atoms with van der Waals surface area (Å²) in [6.45, 7) is -0.519. The Morgan fingerprint density at radius 3 is 2.41 bits per heavy atom. The maximum atomic E-state index is 13.5. The number of carbonyl (C=O) groups excluding carboxylic acids is 3. The van der Waals surface area contributed by atoms with E-state index in [0.29, 0.717) is 10.9 Å². The normalized spacial score (nSPS) is 21.9. The third-order valence-corrected chi connectivity index (χ3v) is 6.02. The predicted molar refractivity (Wildman–Crippen MR) is 120 cm³/mol. The second-order valence-corrected chi connectivity index (χ2v) is 7.98. The van der Waals surface area contributed by atoms with Gasteiger partial charge >= 0.3 is 18.0 Å². The summed E-state index contributed by atoms with van der Waals surface area (Å²) in [5.74, 6) is -1.75. The van der Waals surface area contributed by atoms with Crippen LogP contribution in [-0.4, -0.2) is 54.6 Å². The van der Waals surface area contributed by atoms with E-state index in [9.17, 15) is 19.5 Å². The van der Waals surface area contributed by atoms with Gasteiger partial charge in [0.15, 0.2) is 5.41 Å². The molecule has 1 N–H and O–H groups in total. The smallest absolute Gasteiger partial charge is 0.418 e. The number of hydrogen-bond donors (Lipinski definition) is 1. The molecule has 3 aromatic rings. The molecule has 34 heavy (non-hydrogen) atoms. The molecule has 0 spiro atoms. The zero-order valence-corrected chi connectivity index (χ0v) is 18.8. The van der Waals surface area contributed by atoms with Crippen LogP contribution in [0.2, 0.25) is 0 Å². The number of nitrogens with zero attached hydrogens (tertiary/aromatic N) is 1. The fourth-order valence-corrected chi connectivity index (χ4v) is 4.41. The topological polar surface area (TPSA) is 113 Å². The first-order valence-electron chi connectivity index (χ1n) is 10.7. The molecule has 178 valence electrons. The van der Waals surface area contributed by atoms with Gasteiger partial charge in [-0.3, -0.25) is 9.59 Å². The summed E-state index contributed by atoms with van der Waals surface area (Å²) in [5, 5.41) is 10.5. The summed E-state index contributed by atoms with van der Waals surface area (Å²) in [6.07, 6.45) is -3.04. The zero-order chi connectivity index (χ0) is 24.3. The first kappa shape index (κ1) is 23.5. The van der Waals surface area contributed by atoms with Crippen LogP contribution >= 0.6 is 0 Å². The van der Waals surface area contributed by atoms with Crippen molar-refractivity contribution in [1.82, 2.24) is 4.57 Å². The maximum absolute atomic E-state index is 13.5. The largest absolute Gasteiger partial charge is 0.468 e. The van der Waals surface area contributed by atoms with E-state index in [1.165, 1.54) is 11.7 Å². The molecule has 0 aliphatic carbocycles. The van der Waals surface area contributed by atoms with Crippen molar-refractivity contribution in [1.29, 1.82) is 0 Å². The number of carbonyl (C=O) groups is 3. The Hall–Kier alpha value is -3.69. The van der Waals surface area contributed by atoms with E-state index in [1.54, 1.807) is 54.6 Å². The Labute approximate surface area is 195 Å². The Morgan fingerprint density at radius 2 is 1.74 bits per heavy atom. The van der Waals surface area contributed by atoms with Gasteiger partial charge in [-0.15, -0.1) is 0 Å². The summed E-state index contributed by atoms with van der Waals surface area (Å²) in [7, 11) is 2.39. The number of esters is 2. The van der Waals surface area contributed by atoms with Crippen LogP contribution in [0.5, 0.6) is 0 Å². The summed E-state index contributed by atoms with van der Waals surface area (Å²) in [6, 6.07) is 17.7. The van der Waals surface area contributed by atoms with Crippen LogP contribution in [0.4, 0.5) is 4.79 Å². The number of rotatable bonds is 6. The lowest BCUT2D eigenvalue weighted by Crippen LogP contribution is -2.45. The molecule has 0 radical (unpaired) electrons. The molecule has 1 aliphatic rings. The molecule has 0 bridgehead atoms. The lowest BCUT2D eigenvalue weighted by Gasteiger charge is -2.29. The van der Waals surface area contributed by atoms with Gasteiger partial charge in [-0.25, -0.2) is 9.36 Å². The molecule has 0 amide bonds. The Kier molecular flexibility index (Phi) is 6.67. The lowest BCUT2D eigenvalue weighted by molar-refractivity contribution is -0.177. The van der Waals surface area contributed by atoms with Crippen molar-refractivity contribution in [2.24, 2.45) is 5.41 Å². The van der Waals surface area contributed by atoms with Crippen molar-refractivity contribution in [2.45, 2.75) is 25.2 Å². The number of aromatic nitrogens is 1. The SMILES string of the molecule is COC(=O)n1c([C@H]2O[C@@H](CO)CC2(C(=O)OC)C(=O)OCc2ccccc2)cc2ccccc21. The van der Waals surface area contributed by atoms with E-state index >= 15 is 0 Å². The Morgan fingerprint density at radius 1 is 1.03 bits per heavy atom. The molecule has 4 rings (SSSR count). The van der Waals surface area contributed by atoms with Crippen molar-refractivity contribution in [3.05, 3.63) is 71.9 Å². The number of aliphatic hydroxyl groups excluding tert-OH is 1. The average molecular weight is 467 g/mol. The minimum Gasteiger partial charge on any atom is -0.468 e. The highest BCUT2D eigenvalue weighted by Crippen LogP contribution is 2.51. The first-order chi connectivity index (χ1) is 16.5. The quantitative estimate of drug-likeness (QED) is 0.334. The number of benzene rings is 2. The van der Waals surface area contributed by atoms with E-state index < -0.39 is 42.3 Å². The monoisotopic (exact) mass is 467 g/mol. The molecule has 0 saturated carbocycles.